The molecule has 6 heteroatoms. The van der Waals surface area contributed by atoms with Gasteiger partial charge in [0.05, 0.1) is 18.5 Å². The fourth-order valence-electron chi connectivity index (χ4n) is 3.35. The second-order valence-electron chi connectivity index (χ2n) is 7.19. The zero-order valence-electron chi connectivity index (χ0n) is 16.9. The van der Waals surface area contributed by atoms with E-state index in [0.717, 1.165) is 28.0 Å². The highest BCUT2D eigenvalue weighted by molar-refractivity contribution is 6.30. The van der Waals surface area contributed by atoms with Crippen molar-refractivity contribution in [1.82, 2.24) is 9.38 Å². The summed E-state index contributed by atoms with van der Waals surface area (Å²) in [6, 6.07) is 17.3. The third-order valence-corrected chi connectivity index (χ3v) is 5.15. The number of pyridine rings is 1. The van der Waals surface area contributed by atoms with E-state index in [9.17, 15) is 4.79 Å². The Balaban J connectivity index is 1.54. The number of carbonyl (C=O) groups is 1. The number of rotatable bonds is 6. The number of amides is 1. The maximum atomic E-state index is 12.5. The van der Waals surface area contributed by atoms with Crippen LogP contribution < -0.4 is 10.1 Å². The number of hydrogen-bond acceptors (Lipinski definition) is 3. The zero-order chi connectivity index (χ0) is 21.1. The van der Waals surface area contributed by atoms with Crippen LogP contribution in [0, 0.1) is 6.92 Å². The molecular weight excluding hydrogens is 398 g/mol. The maximum absolute atomic E-state index is 12.5. The van der Waals surface area contributed by atoms with Gasteiger partial charge in [-0.05, 0) is 66.9 Å². The molecule has 2 aromatic heterocycles. The Morgan fingerprint density at radius 1 is 1.17 bits per heavy atom. The van der Waals surface area contributed by atoms with E-state index >= 15 is 0 Å². The fourth-order valence-corrected chi connectivity index (χ4v) is 3.56. The molecule has 0 atom stereocenters. The molecule has 0 aliphatic rings. The van der Waals surface area contributed by atoms with Gasteiger partial charge in [-0.15, -0.1) is 0 Å². The van der Waals surface area contributed by atoms with Crippen molar-refractivity contribution in [2.45, 2.75) is 19.8 Å². The molecule has 2 heterocycles. The lowest BCUT2D eigenvalue weighted by Gasteiger charge is -2.12. The molecule has 0 saturated heterocycles. The van der Waals surface area contributed by atoms with Gasteiger partial charge in [-0.1, -0.05) is 23.7 Å². The van der Waals surface area contributed by atoms with E-state index in [4.69, 9.17) is 21.3 Å². The van der Waals surface area contributed by atoms with E-state index in [1.54, 1.807) is 7.11 Å². The van der Waals surface area contributed by atoms with Gasteiger partial charge in [-0.25, -0.2) is 4.98 Å². The Labute approximate surface area is 180 Å². The topological polar surface area (TPSA) is 55.6 Å². The second kappa shape index (κ2) is 8.59. The number of anilines is 1. The van der Waals surface area contributed by atoms with E-state index in [2.05, 4.69) is 5.32 Å². The van der Waals surface area contributed by atoms with Gasteiger partial charge in [-0.2, -0.15) is 0 Å². The number of halogens is 1. The second-order valence-corrected chi connectivity index (χ2v) is 7.63. The van der Waals surface area contributed by atoms with Crippen molar-refractivity contribution < 1.29 is 9.53 Å². The van der Waals surface area contributed by atoms with Gasteiger partial charge < -0.3 is 14.5 Å². The molecule has 0 radical (unpaired) electrons. The van der Waals surface area contributed by atoms with Crippen LogP contribution in [0.2, 0.25) is 5.02 Å². The average Bonchev–Trinajstić information content (AvgIpc) is 3.15. The quantitative estimate of drug-likeness (QED) is 0.446. The van der Waals surface area contributed by atoms with E-state index < -0.39 is 0 Å². The van der Waals surface area contributed by atoms with Crippen molar-refractivity contribution in [2.75, 3.05) is 12.4 Å². The Kier molecular flexibility index (Phi) is 5.72. The van der Waals surface area contributed by atoms with Gasteiger partial charge in [0.15, 0.2) is 0 Å². The monoisotopic (exact) mass is 419 g/mol. The molecule has 0 fully saturated rings. The molecule has 0 aliphatic heterocycles. The minimum absolute atomic E-state index is 0.0870. The Morgan fingerprint density at radius 2 is 2.03 bits per heavy atom. The first-order valence-electron chi connectivity index (χ1n) is 9.70. The van der Waals surface area contributed by atoms with Crippen LogP contribution in [0.3, 0.4) is 0 Å². The highest BCUT2D eigenvalue weighted by atomic mass is 35.5. The van der Waals surface area contributed by atoms with E-state index in [0.29, 0.717) is 29.3 Å². The molecular formula is C24H22ClN3O2. The lowest BCUT2D eigenvalue weighted by Crippen LogP contribution is -2.13. The normalized spacial score (nSPS) is 10.9. The van der Waals surface area contributed by atoms with Crippen molar-refractivity contribution in [2.24, 2.45) is 0 Å². The summed E-state index contributed by atoms with van der Waals surface area (Å²) < 4.78 is 7.41. The molecule has 0 aliphatic carbocycles. The van der Waals surface area contributed by atoms with Crippen LogP contribution in [0.4, 0.5) is 5.69 Å². The largest absolute Gasteiger partial charge is 0.495 e. The molecule has 4 rings (SSSR count). The van der Waals surface area contributed by atoms with E-state index in [-0.39, 0.29) is 5.91 Å². The molecule has 2 aromatic carbocycles. The van der Waals surface area contributed by atoms with Crippen LogP contribution in [-0.2, 0) is 11.2 Å². The van der Waals surface area contributed by atoms with E-state index in [1.807, 2.05) is 78.3 Å². The van der Waals surface area contributed by atoms with Gasteiger partial charge >= 0.3 is 0 Å². The molecule has 1 N–H and O–H groups in total. The molecule has 0 spiro atoms. The van der Waals surface area contributed by atoms with Crippen LogP contribution in [-0.4, -0.2) is 22.4 Å². The number of fused-ring (bicyclic) bond motifs is 1. The van der Waals surface area contributed by atoms with Crippen LogP contribution in [0.25, 0.3) is 16.9 Å². The number of nitrogens with one attached hydrogen (secondary N) is 1. The summed E-state index contributed by atoms with van der Waals surface area (Å²) >= 11 is 6.02. The number of carbonyl (C=O) groups excluding carboxylic acids is 1. The van der Waals surface area contributed by atoms with Gasteiger partial charge in [0.25, 0.3) is 0 Å². The zero-order valence-corrected chi connectivity index (χ0v) is 17.6. The summed E-state index contributed by atoms with van der Waals surface area (Å²) in [6.45, 7) is 2.04. The highest BCUT2D eigenvalue weighted by Gasteiger charge is 2.12. The summed E-state index contributed by atoms with van der Waals surface area (Å²) in [7, 11) is 1.59. The number of methoxy groups -OCH3 is 1. The minimum atomic E-state index is -0.0870. The Bertz CT molecular complexity index is 1220. The third kappa shape index (κ3) is 4.47. The lowest BCUT2D eigenvalue weighted by atomic mass is 10.1. The standard InChI is InChI=1S/C24H22ClN3O2/c1-16-10-11-28-15-21(26-23(28)12-16)18-7-8-22(30-2)20(14-18)27-24(29)9-6-17-4-3-5-19(25)13-17/h3-5,7-8,10-15H,6,9H2,1-2H3,(H,27,29). The summed E-state index contributed by atoms with van der Waals surface area (Å²) in [5.74, 6) is 0.519. The van der Waals surface area contributed by atoms with Crippen molar-refractivity contribution in [3.8, 4) is 17.0 Å². The van der Waals surface area contributed by atoms with E-state index in [1.165, 1.54) is 0 Å². The molecule has 4 aromatic rings. The first-order chi connectivity index (χ1) is 14.5. The van der Waals surface area contributed by atoms with Crippen LogP contribution in [0.5, 0.6) is 5.75 Å². The molecule has 0 unspecified atom stereocenters. The minimum Gasteiger partial charge on any atom is -0.495 e. The summed E-state index contributed by atoms with van der Waals surface area (Å²) in [5, 5.41) is 3.64. The maximum Gasteiger partial charge on any atom is 0.224 e. The van der Waals surface area contributed by atoms with Crippen LogP contribution >= 0.6 is 11.6 Å². The van der Waals surface area contributed by atoms with Crippen molar-refractivity contribution >= 4 is 28.8 Å². The average molecular weight is 420 g/mol. The number of benzene rings is 2. The predicted molar refractivity (Wildman–Crippen MR) is 120 cm³/mol. The number of ether oxygens (including phenoxy) is 1. The van der Waals surface area contributed by atoms with Gasteiger partial charge in [0.1, 0.15) is 11.4 Å². The van der Waals surface area contributed by atoms with Crippen molar-refractivity contribution in [3.63, 3.8) is 0 Å². The summed E-state index contributed by atoms with van der Waals surface area (Å²) in [6.07, 6.45) is 4.92. The number of nitrogens with zero attached hydrogens (tertiary/aromatic N) is 2. The van der Waals surface area contributed by atoms with Crippen molar-refractivity contribution in [1.29, 1.82) is 0 Å². The number of aromatic nitrogens is 2. The Morgan fingerprint density at radius 3 is 2.83 bits per heavy atom. The molecule has 0 bridgehead atoms. The first-order valence-corrected chi connectivity index (χ1v) is 10.1. The van der Waals surface area contributed by atoms with Gasteiger partial charge in [0, 0.05) is 29.4 Å². The SMILES string of the molecule is COc1ccc(-c2cn3ccc(C)cc3n2)cc1NC(=O)CCc1cccc(Cl)c1. The van der Waals surface area contributed by atoms with Crippen molar-refractivity contribution in [3.05, 3.63) is 83.1 Å². The predicted octanol–water partition coefficient (Wildman–Crippen LogP) is 5.54. The molecule has 152 valence electrons. The van der Waals surface area contributed by atoms with Crippen LogP contribution in [0.1, 0.15) is 17.5 Å². The highest BCUT2D eigenvalue weighted by Crippen LogP contribution is 2.30. The molecule has 5 nitrogen and oxygen atoms in total. The molecule has 30 heavy (non-hydrogen) atoms. The number of imidazole rings is 1. The molecule has 0 saturated carbocycles. The molecule has 1 amide bonds. The summed E-state index contributed by atoms with van der Waals surface area (Å²) in [4.78, 5) is 17.2. The van der Waals surface area contributed by atoms with Gasteiger partial charge in [0.2, 0.25) is 5.91 Å². The summed E-state index contributed by atoms with van der Waals surface area (Å²) in [5.41, 5.74) is 5.42. The number of aryl methyl sites for hydroxylation is 2. The lowest BCUT2D eigenvalue weighted by molar-refractivity contribution is -0.116. The first kappa shape index (κ1) is 20.0. The third-order valence-electron chi connectivity index (χ3n) is 4.91. The van der Waals surface area contributed by atoms with Crippen LogP contribution in [0.15, 0.2) is 67.0 Å². The number of hydrogen-bond donors (Lipinski definition) is 1. The Hall–Kier alpha value is -3.31. The smallest absolute Gasteiger partial charge is 0.224 e. The fraction of sp³-hybridized carbons (Fsp3) is 0.167. The van der Waals surface area contributed by atoms with Gasteiger partial charge in [-0.3, -0.25) is 4.79 Å².